The maximum absolute atomic E-state index is 12.6. The van der Waals surface area contributed by atoms with Crippen molar-refractivity contribution in [2.75, 3.05) is 19.6 Å². The van der Waals surface area contributed by atoms with Gasteiger partial charge in [-0.25, -0.2) is 4.68 Å². The van der Waals surface area contributed by atoms with Crippen LogP contribution in [0.15, 0.2) is 41.2 Å². The van der Waals surface area contributed by atoms with Crippen LogP contribution >= 0.6 is 0 Å². The molecule has 1 aromatic carbocycles. The van der Waals surface area contributed by atoms with Crippen LogP contribution in [-0.4, -0.2) is 46.3 Å². The Morgan fingerprint density at radius 2 is 1.92 bits per heavy atom. The first-order valence-electron chi connectivity index (χ1n) is 9.28. The summed E-state index contributed by atoms with van der Waals surface area (Å²) in [7, 11) is 0. The summed E-state index contributed by atoms with van der Waals surface area (Å²) in [4.78, 5) is 27.3. The molecule has 1 amide bonds. The van der Waals surface area contributed by atoms with Crippen molar-refractivity contribution in [1.82, 2.24) is 20.0 Å². The molecule has 6 heteroatoms. The average molecular weight is 354 g/mol. The number of benzene rings is 1. The van der Waals surface area contributed by atoms with E-state index in [-0.39, 0.29) is 23.1 Å². The fraction of sp³-hybridized carbons (Fsp3) is 0.450. The summed E-state index contributed by atoms with van der Waals surface area (Å²) < 4.78 is 1.64. The molecule has 1 saturated heterocycles. The lowest BCUT2D eigenvalue weighted by molar-refractivity contribution is 0.0903. The van der Waals surface area contributed by atoms with Crippen LogP contribution in [0.3, 0.4) is 0 Å². The van der Waals surface area contributed by atoms with Gasteiger partial charge in [0.05, 0.1) is 5.69 Å². The van der Waals surface area contributed by atoms with Crippen LogP contribution in [0.1, 0.15) is 42.4 Å². The molecule has 1 N–H and O–H groups in total. The monoisotopic (exact) mass is 354 g/mol. The maximum Gasteiger partial charge on any atom is 0.276 e. The Labute approximate surface area is 153 Å². The predicted molar refractivity (Wildman–Crippen MR) is 102 cm³/mol. The summed E-state index contributed by atoms with van der Waals surface area (Å²) in [6, 6.07) is 11.1. The molecular weight excluding hydrogens is 328 g/mol. The Hall–Kier alpha value is -2.47. The zero-order valence-electron chi connectivity index (χ0n) is 15.4. The van der Waals surface area contributed by atoms with Crippen molar-refractivity contribution in [1.29, 1.82) is 0 Å². The minimum atomic E-state index is -0.381. The van der Waals surface area contributed by atoms with Gasteiger partial charge < -0.3 is 10.2 Å². The standard InChI is InChI=1S/C20H26N4O2/c1-3-11-23-12-9-16(10-13-23)21-20(26)19-18(25)14-15(2)24(22-19)17-7-5-4-6-8-17/h4-8,14,16H,3,9-13H2,1-2H3,(H,21,26). The molecular formula is C20H26N4O2. The molecule has 26 heavy (non-hydrogen) atoms. The molecule has 6 nitrogen and oxygen atoms in total. The second kappa shape index (κ2) is 8.27. The molecule has 0 unspecified atom stereocenters. The second-order valence-electron chi connectivity index (χ2n) is 6.84. The fourth-order valence-electron chi connectivity index (χ4n) is 3.41. The zero-order valence-corrected chi connectivity index (χ0v) is 15.4. The van der Waals surface area contributed by atoms with Gasteiger partial charge in [0.25, 0.3) is 5.91 Å². The first kappa shape index (κ1) is 18.3. The molecule has 0 atom stereocenters. The number of nitrogens with zero attached hydrogens (tertiary/aromatic N) is 3. The molecule has 1 aliphatic heterocycles. The Bertz CT molecular complexity index is 808. The van der Waals surface area contributed by atoms with Gasteiger partial charge >= 0.3 is 0 Å². The Balaban J connectivity index is 1.75. The van der Waals surface area contributed by atoms with E-state index in [0.717, 1.165) is 44.6 Å². The number of hydrogen-bond donors (Lipinski definition) is 1. The van der Waals surface area contributed by atoms with E-state index in [1.165, 1.54) is 6.07 Å². The molecule has 2 aromatic rings. The number of aryl methyl sites for hydroxylation is 1. The van der Waals surface area contributed by atoms with Gasteiger partial charge in [-0.3, -0.25) is 9.59 Å². The van der Waals surface area contributed by atoms with E-state index in [1.807, 2.05) is 37.3 Å². The van der Waals surface area contributed by atoms with Crippen molar-refractivity contribution in [2.24, 2.45) is 0 Å². The highest BCUT2D eigenvalue weighted by atomic mass is 16.2. The lowest BCUT2D eigenvalue weighted by Crippen LogP contribution is -2.46. The van der Waals surface area contributed by atoms with E-state index in [9.17, 15) is 9.59 Å². The van der Waals surface area contributed by atoms with Crippen LogP contribution in [0.5, 0.6) is 0 Å². The first-order chi connectivity index (χ1) is 12.6. The van der Waals surface area contributed by atoms with Crippen LogP contribution in [0.25, 0.3) is 5.69 Å². The second-order valence-corrected chi connectivity index (χ2v) is 6.84. The van der Waals surface area contributed by atoms with Gasteiger partial charge in [0.15, 0.2) is 5.69 Å². The van der Waals surface area contributed by atoms with Crippen molar-refractivity contribution in [3.8, 4) is 5.69 Å². The van der Waals surface area contributed by atoms with Crippen LogP contribution in [0.2, 0.25) is 0 Å². The third-order valence-corrected chi connectivity index (χ3v) is 4.79. The highest BCUT2D eigenvalue weighted by Gasteiger charge is 2.23. The minimum absolute atomic E-state index is 0.0459. The lowest BCUT2D eigenvalue weighted by atomic mass is 10.0. The summed E-state index contributed by atoms with van der Waals surface area (Å²) in [6.07, 6.45) is 2.96. The van der Waals surface area contributed by atoms with E-state index in [2.05, 4.69) is 22.2 Å². The molecule has 3 rings (SSSR count). The van der Waals surface area contributed by atoms with Gasteiger partial charge in [-0.1, -0.05) is 25.1 Å². The third kappa shape index (κ3) is 4.19. The number of carbonyl (C=O) groups excluding carboxylic acids is 1. The van der Waals surface area contributed by atoms with Crippen molar-refractivity contribution in [3.05, 3.63) is 58.0 Å². The zero-order chi connectivity index (χ0) is 18.5. The molecule has 1 aromatic heterocycles. The summed E-state index contributed by atoms with van der Waals surface area (Å²) in [5.74, 6) is -0.381. The summed E-state index contributed by atoms with van der Waals surface area (Å²) in [5, 5.41) is 7.33. The van der Waals surface area contributed by atoms with Crippen LogP contribution in [0, 0.1) is 6.92 Å². The average Bonchev–Trinajstić information content (AvgIpc) is 2.64. The van der Waals surface area contributed by atoms with Crippen molar-refractivity contribution >= 4 is 5.91 Å². The van der Waals surface area contributed by atoms with Gasteiger partial charge in [-0.2, -0.15) is 5.10 Å². The molecule has 2 heterocycles. The predicted octanol–water partition coefficient (Wildman–Crippen LogP) is 2.15. The van der Waals surface area contributed by atoms with E-state index in [4.69, 9.17) is 0 Å². The fourth-order valence-corrected chi connectivity index (χ4v) is 3.41. The molecule has 0 aliphatic carbocycles. The van der Waals surface area contributed by atoms with Crippen molar-refractivity contribution < 1.29 is 4.79 Å². The van der Waals surface area contributed by atoms with Crippen molar-refractivity contribution in [2.45, 2.75) is 39.2 Å². The highest BCUT2D eigenvalue weighted by molar-refractivity contribution is 5.92. The maximum atomic E-state index is 12.6. The molecule has 0 spiro atoms. The van der Waals surface area contributed by atoms with E-state index in [0.29, 0.717) is 5.69 Å². The van der Waals surface area contributed by atoms with Crippen LogP contribution in [-0.2, 0) is 0 Å². The number of nitrogens with one attached hydrogen (secondary N) is 1. The van der Waals surface area contributed by atoms with Gasteiger partial charge in [0.1, 0.15) is 0 Å². The highest BCUT2D eigenvalue weighted by Crippen LogP contribution is 2.12. The number of aromatic nitrogens is 2. The Morgan fingerprint density at radius 1 is 1.23 bits per heavy atom. The molecule has 1 fully saturated rings. The number of hydrogen-bond acceptors (Lipinski definition) is 4. The summed E-state index contributed by atoms with van der Waals surface area (Å²) >= 11 is 0. The number of para-hydroxylation sites is 1. The quantitative estimate of drug-likeness (QED) is 0.893. The number of rotatable bonds is 5. The smallest absolute Gasteiger partial charge is 0.276 e. The number of amides is 1. The summed E-state index contributed by atoms with van der Waals surface area (Å²) in [6.45, 7) is 7.05. The number of piperidine rings is 1. The van der Waals surface area contributed by atoms with E-state index >= 15 is 0 Å². The lowest BCUT2D eigenvalue weighted by Gasteiger charge is -2.31. The SMILES string of the molecule is CCCN1CCC(NC(=O)c2nn(-c3ccccc3)c(C)cc2=O)CC1. The number of carbonyl (C=O) groups is 1. The Morgan fingerprint density at radius 3 is 2.58 bits per heavy atom. The number of likely N-dealkylation sites (tertiary alicyclic amines) is 1. The Kier molecular flexibility index (Phi) is 5.83. The molecule has 0 bridgehead atoms. The molecule has 138 valence electrons. The van der Waals surface area contributed by atoms with Gasteiger partial charge in [-0.05, 0) is 44.9 Å². The van der Waals surface area contributed by atoms with Crippen LogP contribution in [0.4, 0.5) is 0 Å². The minimum Gasteiger partial charge on any atom is -0.348 e. The molecule has 0 radical (unpaired) electrons. The van der Waals surface area contributed by atoms with E-state index in [1.54, 1.807) is 4.68 Å². The van der Waals surface area contributed by atoms with Crippen LogP contribution < -0.4 is 10.7 Å². The normalized spacial score (nSPS) is 15.8. The third-order valence-electron chi connectivity index (χ3n) is 4.79. The summed E-state index contributed by atoms with van der Waals surface area (Å²) in [5.41, 5.74) is 1.14. The van der Waals surface area contributed by atoms with Gasteiger partial charge in [-0.15, -0.1) is 0 Å². The molecule has 0 saturated carbocycles. The first-order valence-corrected chi connectivity index (χ1v) is 9.28. The van der Waals surface area contributed by atoms with Crippen molar-refractivity contribution in [3.63, 3.8) is 0 Å². The van der Waals surface area contributed by atoms with Gasteiger partial charge in [0.2, 0.25) is 5.43 Å². The molecule has 1 aliphatic rings. The van der Waals surface area contributed by atoms with E-state index < -0.39 is 0 Å². The van der Waals surface area contributed by atoms with Gasteiger partial charge in [0, 0.05) is 30.9 Å². The topological polar surface area (TPSA) is 67.2 Å². The largest absolute Gasteiger partial charge is 0.348 e.